The molecule has 1 aliphatic heterocycles. The van der Waals surface area contributed by atoms with Crippen LogP contribution in [0.4, 0.5) is 23.8 Å². The summed E-state index contributed by atoms with van der Waals surface area (Å²) in [6.45, 7) is 2.40. The van der Waals surface area contributed by atoms with Crippen LogP contribution in [0.25, 0.3) is 5.65 Å². The summed E-state index contributed by atoms with van der Waals surface area (Å²) in [6, 6.07) is 2.27. The number of halogens is 3. The van der Waals surface area contributed by atoms with Gasteiger partial charge in [-0.1, -0.05) is 6.92 Å². The maximum Gasteiger partial charge on any atom is 0.453 e. The first-order chi connectivity index (χ1) is 15.2. The predicted molar refractivity (Wildman–Crippen MR) is 104 cm³/mol. The lowest BCUT2D eigenvalue weighted by atomic mass is 9.97. The molecule has 0 spiro atoms. The molecular weight excluding hydrogens is 435 g/mol. The van der Waals surface area contributed by atoms with Gasteiger partial charge in [0, 0.05) is 19.6 Å². The highest BCUT2D eigenvalue weighted by atomic mass is 19.4. The van der Waals surface area contributed by atoms with Gasteiger partial charge in [-0.2, -0.15) is 17.7 Å². The summed E-state index contributed by atoms with van der Waals surface area (Å²) in [5, 5.41) is 15.1. The number of carbonyl (C=O) groups excluding carboxylic acids is 3. The maximum atomic E-state index is 13.0. The van der Waals surface area contributed by atoms with Crippen LogP contribution in [0.2, 0.25) is 0 Å². The van der Waals surface area contributed by atoms with Gasteiger partial charge < -0.3 is 15.0 Å². The second-order valence-corrected chi connectivity index (χ2v) is 7.16. The number of esters is 1. The zero-order valence-electron chi connectivity index (χ0n) is 17.2. The van der Waals surface area contributed by atoms with E-state index in [-0.39, 0.29) is 5.65 Å². The third-order valence-electron chi connectivity index (χ3n) is 4.79. The van der Waals surface area contributed by atoms with Crippen LogP contribution < -0.4 is 15.5 Å². The summed E-state index contributed by atoms with van der Waals surface area (Å²) in [7, 11) is 0. The molecule has 0 radical (unpaired) electrons. The largest absolute Gasteiger partial charge is 0.455 e. The van der Waals surface area contributed by atoms with Gasteiger partial charge in [-0.15, -0.1) is 15.3 Å². The van der Waals surface area contributed by atoms with Crippen molar-refractivity contribution in [3.63, 3.8) is 0 Å². The van der Waals surface area contributed by atoms with Gasteiger partial charge in [0.15, 0.2) is 12.3 Å². The number of piperidine rings is 1. The molecule has 0 atom stereocenters. The van der Waals surface area contributed by atoms with Gasteiger partial charge in [-0.25, -0.2) is 4.79 Å². The number of aromatic nitrogens is 4. The van der Waals surface area contributed by atoms with Crippen LogP contribution in [-0.2, 0) is 20.5 Å². The molecule has 1 fully saturated rings. The summed E-state index contributed by atoms with van der Waals surface area (Å²) < 4.78 is 44.7. The Morgan fingerprint density at radius 2 is 1.91 bits per heavy atom. The van der Waals surface area contributed by atoms with E-state index in [0.717, 1.165) is 0 Å². The van der Waals surface area contributed by atoms with Gasteiger partial charge in [0.2, 0.25) is 0 Å². The van der Waals surface area contributed by atoms with Crippen molar-refractivity contribution in [2.75, 3.05) is 31.1 Å². The summed E-state index contributed by atoms with van der Waals surface area (Å²) in [5.41, 5.74) is -0.0267. The number of alkyl halides is 3. The van der Waals surface area contributed by atoms with E-state index in [2.05, 4.69) is 25.9 Å². The van der Waals surface area contributed by atoms with Gasteiger partial charge in [0.25, 0.3) is 11.7 Å². The second-order valence-electron chi connectivity index (χ2n) is 7.16. The third-order valence-corrected chi connectivity index (χ3v) is 4.79. The number of nitrogens with zero attached hydrogens (tertiary/aromatic N) is 5. The predicted octanol–water partition coefficient (Wildman–Crippen LogP) is 1.14. The normalized spacial score (nSPS) is 14.9. The lowest BCUT2D eigenvalue weighted by Gasteiger charge is -2.31. The minimum Gasteiger partial charge on any atom is -0.455 e. The minimum atomic E-state index is -4.69. The maximum absolute atomic E-state index is 13.0. The monoisotopic (exact) mass is 457 g/mol. The highest BCUT2D eigenvalue weighted by molar-refractivity contribution is 5.95. The first-order valence-electron chi connectivity index (χ1n) is 9.98. The molecule has 174 valence electrons. The van der Waals surface area contributed by atoms with Gasteiger partial charge in [-0.05, 0) is 31.4 Å². The number of amides is 3. The molecule has 0 bridgehead atoms. The lowest BCUT2D eigenvalue weighted by molar-refractivity contribution is -0.153. The average molecular weight is 457 g/mol. The number of nitrogens with one attached hydrogen (secondary N) is 2. The van der Waals surface area contributed by atoms with Crippen molar-refractivity contribution >= 4 is 29.4 Å². The molecule has 0 saturated carbocycles. The van der Waals surface area contributed by atoms with E-state index in [1.807, 2.05) is 6.92 Å². The first-order valence-corrected chi connectivity index (χ1v) is 9.98. The first kappa shape index (κ1) is 23.2. The summed E-state index contributed by atoms with van der Waals surface area (Å²) in [4.78, 5) is 37.0. The second kappa shape index (κ2) is 9.78. The molecule has 0 aliphatic carbocycles. The number of ether oxygens (including phenoxy) is 1. The Hall–Kier alpha value is -3.45. The van der Waals surface area contributed by atoms with Gasteiger partial charge in [-0.3, -0.25) is 14.9 Å². The van der Waals surface area contributed by atoms with E-state index < -0.39 is 42.4 Å². The highest BCUT2D eigenvalue weighted by Crippen LogP contribution is 2.28. The van der Waals surface area contributed by atoms with Crippen LogP contribution in [0.1, 0.15) is 32.0 Å². The van der Waals surface area contributed by atoms with Crippen LogP contribution in [0.3, 0.4) is 0 Å². The average Bonchev–Trinajstić information content (AvgIpc) is 3.20. The quantitative estimate of drug-likeness (QED) is 0.618. The molecule has 2 N–H and O–H groups in total. The lowest BCUT2D eigenvalue weighted by Crippen LogP contribution is -2.42. The highest BCUT2D eigenvalue weighted by Gasteiger charge is 2.38. The van der Waals surface area contributed by atoms with Crippen molar-refractivity contribution in [3.05, 3.63) is 18.0 Å². The molecule has 2 aromatic heterocycles. The van der Waals surface area contributed by atoms with E-state index >= 15 is 0 Å². The molecule has 2 aromatic rings. The number of carbonyl (C=O) groups is 3. The third kappa shape index (κ3) is 5.62. The van der Waals surface area contributed by atoms with Gasteiger partial charge in [0.05, 0.1) is 5.92 Å². The minimum absolute atomic E-state index is 0.0267. The Labute approximate surface area is 180 Å². The SMILES string of the molecule is CCCNC(=O)NC(=O)COC(=O)C1CCN(c2ccc3nnc(C(F)(F)F)n3n2)CC1. The molecule has 11 nitrogen and oxygen atoms in total. The Kier molecular flexibility index (Phi) is 7.10. The number of rotatable bonds is 6. The van der Waals surface area contributed by atoms with E-state index in [9.17, 15) is 27.6 Å². The molecule has 3 rings (SSSR count). The zero-order chi connectivity index (χ0) is 23.3. The number of anilines is 1. The Bertz CT molecular complexity index is 987. The molecule has 32 heavy (non-hydrogen) atoms. The van der Waals surface area contributed by atoms with Crippen LogP contribution >= 0.6 is 0 Å². The molecule has 3 amide bonds. The van der Waals surface area contributed by atoms with Crippen LogP contribution in [0.15, 0.2) is 12.1 Å². The summed E-state index contributed by atoms with van der Waals surface area (Å²) in [6.07, 6.45) is -3.25. The molecule has 1 aliphatic rings. The molecular formula is C18H22F3N7O4. The molecule has 3 heterocycles. The van der Waals surface area contributed by atoms with Gasteiger partial charge in [0.1, 0.15) is 5.82 Å². The smallest absolute Gasteiger partial charge is 0.453 e. The van der Waals surface area contributed by atoms with Crippen LogP contribution in [-0.4, -0.2) is 64.0 Å². The number of hydrogen-bond donors (Lipinski definition) is 2. The fraction of sp³-hybridized carbons (Fsp3) is 0.556. The van der Waals surface area contributed by atoms with Crippen molar-refractivity contribution in [1.29, 1.82) is 0 Å². The fourth-order valence-corrected chi connectivity index (χ4v) is 3.17. The molecule has 14 heteroatoms. The number of imide groups is 1. The van der Waals surface area contributed by atoms with Crippen LogP contribution in [0, 0.1) is 5.92 Å². The standard InChI is InChI=1S/C18H22F3N7O4/c1-2-7-22-17(31)23-14(29)10-32-15(30)11-5-8-27(9-6-11)13-4-3-12-24-25-16(18(19,20)21)28(12)26-13/h3-4,11H,2,5-10H2,1H3,(H2,22,23,29,31). The Balaban J connectivity index is 1.51. The fourth-order valence-electron chi connectivity index (χ4n) is 3.17. The number of urea groups is 1. The zero-order valence-corrected chi connectivity index (χ0v) is 17.2. The van der Waals surface area contributed by atoms with E-state index in [0.29, 0.717) is 49.2 Å². The summed E-state index contributed by atoms with van der Waals surface area (Å²) >= 11 is 0. The van der Waals surface area contributed by atoms with Crippen LogP contribution in [0.5, 0.6) is 0 Å². The van der Waals surface area contributed by atoms with E-state index in [1.54, 1.807) is 4.90 Å². The van der Waals surface area contributed by atoms with Crippen molar-refractivity contribution in [1.82, 2.24) is 30.4 Å². The number of hydrogen-bond acceptors (Lipinski definition) is 8. The van der Waals surface area contributed by atoms with Gasteiger partial charge >= 0.3 is 18.2 Å². The Morgan fingerprint density at radius 3 is 2.56 bits per heavy atom. The van der Waals surface area contributed by atoms with E-state index in [1.165, 1.54) is 12.1 Å². The molecule has 1 saturated heterocycles. The Morgan fingerprint density at radius 1 is 1.19 bits per heavy atom. The van der Waals surface area contributed by atoms with E-state index in [4.69, 9.17) is 4.74 Å². The summed E-state index contributed by atoms with van der Waals surface area (Å²) in [5.74, 6) is -2.70. The van der Waals surface area contributed by atoms with Crippen molar-refractivity contribution in [2.45, 2.75) is 32.4 Å². The van der Waals surface area contributed by atoms with Crippen molar-refractivity contribution in [3.8, 4) is 0 Å². The molecule has 0 aromatic carbocycles. The van der Waals surface area contributed by atoms with Crippen molar-refractivity contribution in [2.24, 2.45) is 5.92 Å². The van der Waals surface area contributed by atoms with Crippen molar-refractivity contribution < 1.29 is 32.3 Å². The number of fused-ring (bicyclic) bond motifs is 1. The molecule has 0 unspecified atom stereocenters. The topological polar surface area (TPSA) is 131 Å².